The van der Waals surface area contributed by atoms with Crippen LogP contribution in [0, 0.1) is 5.92 Å². The fraction of sp³-hybridized carbons (Fsp3) is 1.00. The Morgan fingerprint density at radius 3 is 2.69 bits per heavy atom. The first-order valence-electron chi connectivity index (χ1n) is 7.15. The van der Waals surface area contributed by atoms with Gasteiger partial charge in [-0.2, -0.15) is 0 Å². The molecule has 0 aromatic carbocycles. The van der Waals surface area contributed by atoms with Crippen LogP contribution in [-0.4, -0.2) is 25.3 Å². The third kappa shape index (κ3) is 4.84. The minimum absolute atomic E-state index is 0.534. The molecule has 0 aromatic heterocycles. The van der Waals surface area contributed by atoms with Gasteiger partial charge in [0.15, 0.2) is 0 Å². The minimum Gasteiger partial charge on any atom is -0.377 e. The summed E-state index contributed by atoms with van der Waals surface area (Å²) in [5.74, 6) is 0.915. The van der Waals surface area contributed by atoms with Crippen LogP contribution in [0.2, 0.25) is 0 Å². The van der Waals surface area contributed by atoms with Gasteiger partial charge in [-0.1, -0.05) is 40.0 Å². The molecule has 1 fully saturated rings. The van der Waals surface area contributed by atoms with Gasteiger partial charge >= 0.3 is 0 Å². The van der Waals surface area contributed by atoms with E-state index in [1.54, 1.807) is 0 Å². The highest BCUT2D eigenvalue weighted by atomic mass is 16.5. The predicted molar refractivity (Wildman–Crippen MR) is 69.7 cm³/mol. The van der Waals surface area contributed by atoms with Gasteiger partial charge in [-0.05, 0) is 31.7 Å². The first kappa shape index (κ1) is 14.0. The lowest BCUT2D eigenvalue weighted by molar-refractivity contribution is 0.00132. The SMILES string of the molecule is CCNC(CC)COC1CCCC(CC)C1. The van der Waals surface area contributed by atoms with Crippen LogP contribution in [0.4, 0.5) is 0 Å². The molecular formula is C14H29NO. The maximum absolute atomic E-state index is 6.06. The summed E-state index contributed by atoms with van der Waals surface area (Å²) in [7, 11) is 0. The van der Waals surface area contributed by atoms with Gasteiger partial charge in [0.05, 0.1) is 12.7 Å². The van der Waals surface area contributed by atoms with E-state index in [-0.39, 0.29) is 0 Å². The van der Waals surface area contributed by atoms with Crippen molar-refractivity contribution in [2.45, 2.75) is 71.4 Å². The summed E-state index contributed by atoms with van der Waals surface area (Å²) >= 11 is 0. The Balaban J connectivity index is 2.20. The Morgan fingerprint density at radius 1 is 1.25 bits per heavy atom. The van der Waals surface area contributed by atoms with Crippen LogP contribution >= 0.6 is 0 Å². The van der Waals surface area contributed by atoms with Crippen molar-refractivity contribution in [2.24, 2.45) is 5.92 Å². The van der Waals surface area contributed by atoms with Crippen LogP contribution in [0.25, 0.3) is 0 Å². The van der Waals surface area contributed by atoms with E-state index in [4.69, 9.17) is 4.74 Å². The second-order valence-electron chi connectivity index (χ2n) is 5.06. The molecule has 1 rings (SSSR count). The normalized spacial score (nSPS) is 27.9. The highest BCUT2D eigenvalue weighted by molar-refractivity contribution is 4.73. The zero-order chi connectivity index (χ0) is 11.8. The molecule has 0 aromatic rings. The predicted octanol–water partition coefficient (Wildman–Crippen LogP) is 3.36. The van der Waals surface area contributed by atoms with Gasteiger partial charge in [-0.25, -0.2) is 0 Å². The third-order valence-electron chi connectivity index (χ3n) is 3.83. The lowest BCUT2D eigenvalue weighted by Crippen LogP contribution is -2.35. The van der Waals surface area contributed by atoms with Gasteiger partial charge in [0.2, 0.25) is 0 Å². The molecule has 3 unspecified atom stereocenters. The van der Waals surface area contributed by atoms with Crippen molar-refractivity contribution in [3.63, 3.8) is 0 Å². The number of ether oxygens (including phenoxy) is 1. The molecule has 2 nitrogen and oxygen atoms in total. The summed E-state index contributed by atoms with van der Waals surface area (Å²) in [5.41, 5.74) is 0. The molecule has 0 bridgehead atoms. The van der Waals surface area contributed by atoms with Crippen molar-refractivity contribution >= 4 is 0 Å². The van der Waals surface area contributed by atoms with E-state index in [9.17, 15) is 0 Å². The van der Waals surface area contributed by atoms with Gasteiger partial charge in [-0.3, -0.25) is 0 Å². The summed E-state index contributed by atoms with van der Waals surface area (Å²) in [6.07, 6.45) is 8.37. The molecule has 1 aliphatic carbocycles. The number of hydrogen-bond donors (Lipinski definition) is 1. The molecule has 3 atom stereocenters. The average molecular weight is 227 g/mol. The summed E-state index contributed by atoms with van der Waals surface area (Å²) in [6.45, 7) is 8.64. The lowest BCUT2D eigenvalue weighted by atomic mass is 9.85. The number of hydrogen-bond acceptors (Lipinski definition) is 2. The highest BCUT2D eigenvalue weighted by Crippen LogP contribution is 2.28. The second kappa shape index (κ2) is 8.08. The summed E-state index contributed by atoms with van der Waals surface area (Å²) in [5, 5.41) is 3.47. The molecule has 1 saturated carbocycles. The van der Waals surface area contributed by atoms with Gasteiger partial charge in [0.25, 0.3) is 0 Å². The molecule has 0 amide bonds. The number of likely N-dealkylation sites (N-methyl/N-ethyl adjacent to an activating group) is 1. The minimum atomic E-state index is 0.534. The van der Waals surface area contributed by atoms with E-state index in [0.717, 1.165) is 25.5 Å². The number of nitrogens with one attached hydrogen (secondary N) is 1. The van der Waals surface area contributed by atoms with Gasteiger partial charge in [-0.15, -0.1) is 0 Å². The smallest absolute Gasteiger partial charge is 0.0623 e. The van der Waals surface area contributed by atoms with Crippen molar-refractivity contribution in [2.75, 3.05) is 13.2 Å². The fourth-order valence-electron chi connectivity index (χ4n) is 2.63. The Bertz CT molecular complexity index is 172. The zero-order valence-electron chi connectivity index (χ0n) is 11.3. The first-order valence-corrected chi connectivity index (χ1v) is 7.15. The Labute approximate surface area is 101 Å². The first-order chi connectivity index (χ1) is 7.80. The monoisotopic (exact) mass is 227 g/mol. The molecule has 0 spiro atoms. The average Bonchev–Trinajstić information content (AvgIpc) is 2.34. The molecule has 1 aliphatic rings. The molecule has 96 valence electrons. The van der Waals surface area contributed by atoms with Crippen LogP contribution in [-0.2, 0) is 4.74 Å². The van der Waals surface area contributed by atoms with Crippen molar-refractivity contribution in [1.29, 1.82) is 0 Å². The summed E-state index contributed by atoms with van der Waals surface area (Å²) in [6, 6.07) is 0.548. The van der Waals surface area contributed by atoms with Crippen LogP contribution in [0.1, 0.15) is 59.3 Å². The number of rotatable bonds is 7. The molecule has 0 heterocycles. The Hall–Kier alpha value is -0.0800. The van der Waals surface area contributed by atoms with Gasteiger partial charge in [0.1, 0.15) is 0 Å². The van der Waals surface area contributed by atoms with Crippen molar-refractivity contribution in [1.82, 2.24) is 5.32 Å². The van der Waals surface area contributed by atoms with E-state index in [1.165, 1.54) is 32.1 Å². The molecule has 1 N–H and O–H groups in total. The quantitative estimate of drug-likeness (QED) is 0.720. The Kier molecular flexibility index (Phi) is 7.06. The van der Waals surface area contributed by atoms with Crippen LogP contribution in [0.3, 0.4) is 0 Å². The van der Waals surface area contributed by atoms with Gasteiger partial charge in [0, 0.05) is 6.04 Å². The molecule has 2 heteroatoms. The third-order valence-corrected chi connectivity index (χ3v) is 3.83. The van der Waals surface area contributed by atoms with Crippen molar-refractivity contribution < 1.29 is 4.74 Å². The molecule has 16 heavy (non-hydrogen) atoms. The van der Waals surface area contributed by atoms with Crippen molar-refractivity contribution in [3.8, 4) is 0 Å². The van der Waals surface area contributed by atoms with E-state index in [0.29, 0.717) is 12.1 Å². The highest BCUT2D eigenvalue weighted by Gasteiger charge is 2.21. The van der Waals surface area contributed by atoms with Crippen molar-refractivity contribution in [3.05, 3.63) is 0 Å². The molecule has 0 saturated heterocycles. The summed E-state index contributed by atoms with van der Waals surface area (Å²) in [4.78, 5) is 0. The fourth-order valence-corrected chi connectivity index (χ4v) is 2.63. The lowest BCUT2D eigenvalue weighted by Gasteiger charge is -2.29. The van der Waals surface area contributed by atoms with E-state index in [1.807, 2.05) is 0 Å². The maximum atomic E-state index is 6.06. The zero-order valence-corrected chi connectivity index (χ0v) is 11.3. The van der Waals surface area contributed by atoms with Crippen LogP contribution in [0.15, 0.2) is 0 Å². The summed E-state index contributed by atoms with van der Waals surface area (Å²) < 4.78 is 6.06. The van der Waals surface area contributed by atoms with E-state index < -0.39 is 0 Å². The molecule has 0 aliphatic heterocycles. The van der Waals surface area contributed by atoms with Gasteiger partial charge < -0.3 is 10.1 Å². The molecular weight excluding hydrogens is 198 g/mol. The topological polar surface area (TPSA) is 21.3 Å². The van der Waals surface area contributed by atoms with Crippen LogP contribution in [0.5, 0.6) is 0 Å². The molecule has 0 radical (unpaired) electrons. The van der Waals surface area contributed by atoms with E-state index >= 15 is 0 Å². The maximum Gasteiger partial charge on any atom is 0.0623 e. The largest absolute Gasteiger partial charge is 0.377 e. The van der Waals surface area contributed by atoms with Crippen LogP contribution < -0.4 is 5.32 Å². The standard InChI is InChI=1S/C14H29NO/c1-4-12-8-7-9-14(10-12)16-11-13(5-2)15-6-3/h12-15H,4-11H2,1-3H3. The Morgan fingerprint density at radius 2 is 2.06 bits per heavy atom. The second-order valence-corrected chi connectivity index (χ2v) is 5.06. The van der Waals surface area contributed by atoms with E-state index in [2.05, 4.69) is 26.1 Å².